The van der Waals surface area contributed by atoms with Gasteiger partial charge in [-0.3, -0.25) is 5.32 Å². The van der Waals surface area contributed by atoms with Crippen molar-refractivity contribution >= 4 is 25.6 Å². The molecule has 2 aromatic carbocycles. The number of amides is 1. The average molecular weight is 443 g/mol. The molecule has 0 aliphatic heterocycles. The van der Waals surface area contributed by atoms with Gasteiger partial charge in [0, 0.05) is 0 Å². The van der Waals surface area contributed by atoms with Crippen molar-refractivity contribution in [1.82, 2.24) is 10.6 Å². The van der Waals surface area contributed by atoms with Gasteiger partial charge >= 0.3 is 6.09 Å². The summed E-state index contributed by atoms with van der Waals surface area (Å²) in [5, 5.41) is 17.7. The van der Waals surface area contributed by atoms with E-state index in [0.29, 0.717) is 6.04 Å². The van der Waals surface area contributed by atoms with Crippen molar-refractivity contribution < 1.29 is 19.4 Å². The van der Waals surface area contributed by atoms with E-state index in [2.05, 4.69) is 35.9 Å². The molecule has 168 valence electrons. The Kier molecular flexibility index (Phi) is 9.42. The van der Waals surface area contributed by atoms with Crippen LogP contribution in [0.2, 0.25) is 19.1 Å². The van der Waals surface area contributed by atoms with E-state index in [9.17, 15) is 14.7 Å². The molecule has 2 unspecified atom stereocenters. The maximum absolute atomic E-state index is 12.3. The largest absolute Gasteiger partial charge is 0.445 e. The van der Waals surface area contributed by atoms with E-state index in [1.807, 2.05) is 62.4 Å². The number of benzene rings is 2. The lowest BCUT2D eigenvalue weighted by Gasteiger charge is -2.32. The van der Waals surface area contributed by atoms with Crippen LogP contribution in [-0.2, 0) is 16.1 Å². The third-order valence-corrected chi connectivity index (χ3v) is 8.75. The van der Waals surface area contributed by atoms with Gasteiger partial charge in [0.2, 0.25) is 0 Å². The maximum atomic E-state index is 12.3. The molecule has 0 fully saturated rings. The molecule has 0 heterocycles. The van der Waals surface area contributed by atoms with Crippen LogP contribution in [-0.4, -0.2) is 43.9 Å². The Morgan fingerprint density at radius 1 is 1.06 bits per heavy atom. The minimum atomic E-state index is -1.89. The Labute approximate surface area is 186 Å². The van der Waals surface area contributed by atoms with E-state index < -0.39 is 32.5 Å². The first-order valence-electron chi connectivity index (χ1n) is 10.6. The van der Waals surface area contributed by atoms with Crippen LogP contribution < -0.4 is 15.8 Å². The number of aldehydes is 1. The van der Waals surface area contributed by atoms with Crippen molar-refractivity contribution in [2.24, 2.45) is 5.92 Å². The Bertz CT molecular complexity index is 815. The number of hydrogen-bond donors (Lipinski definition) is 3. The number of nitrogens with one attached hydrogen (secondary N) is 2. The van der Waals surface area contributed by atoms with Crippen LogP contribution in [0.3, 0.4) is 0 Å². The second kappa shape index (κ2) is 11.8. The molecule has 1 amide bonds. The van der Waals surface area contributed by atoms with Gasteiger partial charge in [-0.25, -0.2) is 4.79 Å². The quantitative estimate of drug-likeness (QED) is 0.283. The molecule has 0 bridgehead atoms. The van der Waals surface area contributed by atoms with Crippen molar-refractivity contribution in [3.63, 3.8) is 0 Å². The van der Waals surface area contributed by atoms with Gasteiger partial charge in [0.05, 0.1) is 20.2 Å². The smallest absolute Gasteiger partial charge is 0.407 e. The van der Waals surface area contributed by atoms with E-state index in [1.165, 1.54) is 5.19 Å². The predicted octanol–water partition coefficient (Wildman–Crippen LogP) is 3.03. The minimum Gasteiger partial charge on any atom is -0.445 e. The molecular weight excluding hydrogens is 408 g/mol. The molecule has 0 aliphatic carbocycles. The Morgan fingerprint density at radius 3 is 2.19 bits per heavy atom. The second-order valence-corrected chi connectivity index (χ2v) is 13.5. The normalized spacial score (nSPS) is 14.5. The molecule has 7 heteroatoms. The fraction of sp³-hybridized carbons (Fsp3) is 0.417. The molecular formula is C24H34N2O4Si. The van der Waals surface area contributed by atoms with Crippen LogP contribution in [0.15, 0.2) is 60.7 Å². The summed E-state index contributed by atoms with van der Waals surface area (Å²) in [6.07, 6.45) is -0.850. The third-order valence-electron chi connectivity index (χ3n) is 5.39. The van der Waals surface area contributed by atoms with Crippen molar-refractivity contribution in [3.05, 3.63) is 66.2 Å². The Balaban J connectivity index is 1.95. The van der Waals surface area contributed by atoms with Crippen LogP contribution >= 0.6 is 0 Å². The molecule has 31 heavy (non-hydrogen) atoms. The lowest BCUT2D eigenvalue weighted by Crippen LogP contribution is -2.57. The summed E-state index contributed by atoms with van der Waals surface area (Å²) in [5.74, 6) is -0.0709. The van der Waals surface area contributed by atoms with Gasteiger partial charge in [-0.05, 0) is 17.5 Å². The molecule has 0 aromatic heterocycles. The van der Waals surface area contributed by atoms with Crippen LogP contribution in [0.5, 0.6) is 0 Å². The molecule has 0 radical (unpaired) electrons. The molecule has 0 spiro atoms. The van der Waals surface area contributed by atoms with Crippen LogP contribution in [0.1, 0.15) is 19.4 Å². The first-order chi connectivity index (χ1) is 14.7. The SMILES string of the molecule is CC(C)[C@H](NC(=O)OCc1ccccc1)C(O)NC(C=O)C[Si](C)(C)c1ccccc1. The lowest BCUT2D eigenvalue weighted by molar-refractivity contribution is -0.110. The average Bonchev–Trinajstić information content (AvgIpc) is 2.76. The molecule has 6 nitrogen and oxygen atoms in total. The predicted molar refractivity (Wildman–Crippen MR) is 126 cm³/mol. The maximum Gasteiger partial charge on any atom is 0.407 e. The van der Waals surface area contributed by atoms with Crippen LogP contribution in [0, 0.1) is 5.92 Å². The van der Waals surface area contributed by atoms with Gasteiger partial charge in [-0.15, -0.1) is 0 Å². The number of carbonyl (C=O) groups is 2. The highest BCUT2D eigenvalue weighted by molar-refractivity contribution is 6.90. The summed E-state index contributed by atoms with van der Waals surface area (Å²) in [5.41, 5.74) is 0.881. The summed E-state index contributed by atoms with van der Waals surface area (Å²) in [4.78, 5) is 24.0. The van der Waals surface area contributed by atoms with E-state index in [-0.39, 0.29) is 12.5 Å². The molecule has 0 saturated carbocycles. The molecule has 0 aliphatic rings. The number of rotatable bonds is 11. The molecule has 2 aromatic rings. The first kappa shape index (κ1) is 24.8. The highest BCUT2D eigenvalue weighted by Gasteiger charge is 2.31. The molecule has 3 N–H and O–H groups in total. The van der Waals surface area contributed by atoms with Gasteiger partial charge < -0.3 is 20.0 Å². The zero-order valence-corrected chi connectivity index (χ0v) is 19.7. The number of alkyl carbamates (subject to hydrolysis) is 1. The number of hydrogen-bond acceptors (Lipinski definition) is 5. The monoisotopic (exact) mass is 442 g/mol. The van der Waals surface area contributed by atoms with Crippen LogP contribution in [0.25, 0.3) is 0 Å². The van der Waals surface area contributed by atoms with E-state index in [4.69, 9.17) is 4.74 Å². The van der Waals surface area contributed by atoms with Gasteiger partial charge in [-0.1, -0.05) is 92.8 Å². The summed E-state index contributed by atoms with van der Waals surface area (Å²) in [6, 6.07) is 19.1. The van der Waals surface area contributed by atoms with E-state index >= 15 is 0 Å². The summed E-state index contributed by atoms with van der Waals surface area (Å²) in [6.45, 7) is 8.34. The highest BCUT2D eigenvalue weighted by atomic mass is 28.3. The topological polar surface area (TPSA) is 87.7 Å². The Morgan fingerprint density at radius 2 is 1.65 bits per heavy atom. The number of aliphatic hydroxyl groups excluding tert-OH is 1. The molecule has 3 atom stereocenters. The van der Waals surface area contributed by atoms with Crippen molar-refractivity contribution in [3.8, 4) is 0 Å². The summed E-state index contributed by atoms with van der Waals surface area (Å²) < 4.78 is 5.28. The van der Waals surface area contributed by atoms with E-state index in [0.717, 1.165) is 11.8 Å². The zero-order valence-electron chi connectivity index (χ0n) is 18.7. The summed E-state index contributed by atoms with van der Waals surface area (Å²) >= 11 is 0. The van der Waals surface area contributed by atoms with Crippen LogP contribution in [0.4, 0.5) is 4.79 Å². The second-order valence-electron chi connectivity index (χ2n) is 8.78. The number of ether oxygens (including phenoxy) is 1. The number of aliphatic hydroxyl groups is 1. The summed E-state index contributed by atoms with van der Waals surface area (Å²) in [7, 11) is -1.89. The third kappa shape index (κ3) is 7.94. The lowest BCUT2D eigenvalue weighted by atomic mass is 10.0. The molecule has 2 rings (SSSR count). The minimum absolute atomic E-state index is 0.0709. The van der Waals surface area contributed by atoms with Crippen molar-refractivity contribution in [2.45, 2.75) is 57.9 Å². The van der Waals surface area contributed by atoms with E-state index in [1.54, 1.807) is 0 Å². The fourth-order valence-electron chi connectivity index (χ4n) is 3.54. The van der Waals surface area contributed by atoms with Crippen molar-refractivity contribution in [1.29, 1.82) is 0 Å². The highest BCUT2D eigenvalue weighted by Crippen LogP contribution is 2.14. The van der Waals surface area contributed by atoms with Gasteiger partial charge in [-0.2, -0.15) is 0 Å². The fourth-order valence-corrected chi connectivity index (χ4v) is 6.18. The van der Waals surface area contributed by atoms with Gasteiger partial charge in [0.25, 0.3) is 0 Å². The number of carbonyl (C=O) groups excluding carboxylic acids is 2. The Hall–Kier alpha value is -2.48. The zero-order chi connectivity index (χ0) is 22.9. The van der Waals surface area contributed by atoms with Gasteiger partial charge in [0.1, 0.15) is 19.1 Å². The first-order valence-corrected chi connectivity index (χ1v) is 13.9. The van der Waals surface area contributed by atoms with Gasteiger partial charge in [0.15, 0.2) is 0 Å². The van der Waals surface area contributed by atoms with Crippen molar-refractivity contribution in [2.75, 3.05) is 0 Å². The molecule has 0 saturated heterocycles. The standard InChI is InChI=1S/C24H34N2O4Si/c1-18(2)22(26-24(29)30-16-19-11-7-5-8-12-19)23(28)25-20(15-27)17-31(3,4)21-13-9-6-10-14-21/h5-15,18,20,22-23,25,28H,16-17H2,1-4H3,(H,26,29)/t20?,22-,23?/m0/s1.